The van der Waals surface area contributed by atoms with Crippen molar-refractivity contribution >= 4 is 6.09 Å². The van der Waals surface area contributed by atoms with E-state index in [0.29, 0.717) is 0 Å². The fourth-order valence-electron chi connectivity index (χ4n) is 1.67. The van der Waals surface area contributed by atoms with Crippen molar-refractivity contribution in [2.75, 3.05) is 6.61 Å². The van der Waals surface area contributed by atoms with Crippen LogP contribution < -0.4 is 5.32 Å². The number of benzene rings is 1. The van der Waals surface area contributed by atoms with Gasteiger partial charge in [-0.3, -0.25) is 0 Å². The number of nitrogens with one attached hydrogen (secondary N) is 1. The fraction of sp³-hybridized carbons (Fsp3) is 0.300. The van der Waals surface area contributed by atoms with E-state index in [1.807, 2.05) is 0 Å². The Labute approximate surface area is 85.0 Å². The molecule has 1 saturated heterocycles. The molecule has 0 radical (unpaired) electrons. The molecular weight excluding hydrogens is 204 g/mol. The summed E-state index contributed by atoms with van der Waals surface area (Å²) in [6, 6.07) is 3.57. The summed E-state index contributed by atoms with van der Waals surface area (Å²) in [5.41, 5.74) is -1.30. The summed E-state index contributed by atoms with van der Waals surface area (Å²) >= 11 is 0. The maximum Gasteiger partial charge on any atom is 0.408 e. The molecule has 1 atom stereocenters. The van der Waals surface area contributed by atoms with Gasteiger partial charge in [0.05, 0.1) is 5.56 Å². The Hall–Kier alpha value is -1.65. The number of alkyl carbamates (subject to hydrolysis) is 1. The Kier molecular flexibility index (Phi) is 2.10. The monoisotopic (exact) mass is 213 g/mol. The van der Waals surface area contributed by atoms with Crippen LogP contribution in [0.4, 0.5) is 13.6 Å². The molecule has 0 bridgehead atoms. The second kappa shape index (κ2) is 3.18. The molecule has 3 nitrogen and oxygen atoms in total. The molecule has 1 unspecified atom stereocenters. The number of hydrogen-bond acceptors (Lipinski definition) is 2. The van der Waals surface area contributed by atoms with E-state index in [1.54, 1.807) is 0 Å². The van der Waals surface area contributed by atoms with E-state index in [0.717, 1.165) is 12.1 Å². The van der Waals surface area contributed by atoms with Crippen LogP contribution in [-0.2, 0) is 10.3 Å². The minimum Gasteiger partial charge on any atom is -0.447 e. The van der Waals surface area contributed by atoms with Crippen molar-refractivity contribution in [1.29, 1.82) is 0 Å². The number of carbonyl (C=O) groups excluding carboxylic acids is 1. The third kappa shape index (κ3) is 1.54. The number of hydrogen-bond donors (Lipinski definition) is 1. The van der Waals surface area contributed by atoms with Gasteiger partial charge in [-0.05, 0) is 19.1 Å². The van der Waals surface area contributed by atoms with Gasteiger partial charge in [-0.2, -0.15) is 0 Å². The summed E-state index contributed by atoms with van der Waals surface area (Å²) < 4.78 is 31.5. The summed E-state index contributed by atoms with van der Waals surface area (Å²) in [5.74, 6) is -1.38. The number of cyclic esters (lactones) is 1. The molecule has 1 fully saturated rings. The van der Waals surface area contributed by atoms with Crippen LogP contribution in [0.15, 0.2) is 18.2 Å². The molecule has 1 N–H and O–H groups in total. The van der Waals surface area contributed by atoms with Crippen molar-refractivity contribution in [3.05, 3.63) is 35.4 Å². The van der Waals surface area contributed by atoms with Crippen molar-refractivity contribution in [1.82, 2.24) is 5.32 Å². The van der Waals surface area contributed by atoms with Gasteiger partial charge in [-0.1, -0.05) is 6.07 Å². The van der Waals surface area contributed by atoms with E-state index in [9.17, 15) is 13.6 Å². The molecule has 1 aliphatic rings. The lowest BCUT2D eigenvalue weighted by Crippen LogP contribution is -2.39. The standard InChI is InChI=1S/C10H9F2NO2/c1-10(5-15-9(14)13-10)8-6(11)3-2-4-7(8)12/h2-4H,5H2,1H3,(H,13,14). The van der Waals surface area contributed by atoms with Crippen molar-refractivity contribution in [2.24, 2.45) is 0 Å². The van der Waals surface area contributed by atoms with Gasteiger partial charge in [0, 0.05) is 0 Å². The Balaban J connectivity index is 2.49. The maximum absolute atomic E-state index is 13.4. The molecule has 0 spiro atoms. The van der Waals surface area contributed by atoms with Gasteiger partial charge in [0.25, 0.3) is 0 Å². The van der Waals surface area contributed by atoms with Crippen LogP contribution in [0.3, 0.4) is 0 Å². The largest absolute Gasteiger partial charge is 0.447 e. The van der Waals surface area contributed by atoms with Crippen LogP contribution in [0.2, 0.25) is 0 Å². The molecule has 0 aromatic heterocycles. The van der Waals surface area contributed by atoms with Gasteiger partial charge in [-0.15, -0.1) is 0 Å². The Morgan fingerprint density at radius 3 is 2.47 bits per heavy atom. The SMILES string of the molecule is CC1(c2c(F)cccc2F)COC(=O)N1. The first-order valence-corrected chi connectivity index (χ1v) is 4.42. The van der Waals surface area contributed by atoms with E-state index in [1.165, 1.54) is 13.0 Å². The van der Waals surface area contributed by atoms with E-state index < -0.39 is 23.3 Å². The van der Waals surface area contributed by atoms with E-state index in [-0.39, 0.29) is 12.2 Å². The molecule has 1 aliphatic heterocycles. The summed E-state index contributed by atoms with van der Waals surface area (Å²) in [5, 5.41) is 2.39. The van der Waals surface area contributed by atoms with Crippen LogP contribution in [0.5, 0.6) is 0 Å². The highest BCUT2D eigenvalue weighted by molar-refractivity contribution is 5.71. The Morgan fingerprint density at radius 2 is 2.00 bits per heavy atom. The zero-order chi connectivity index (χ0) is 11.1. The molecule has 5 heteroatoms. The molecule has 15 heavy (non-hydrogen) atoms. The molecule has 1 aromatic carbocycles. The fourth-order valence-corrected chi connectivity index (χ4v) is 1.67. The molecule has 0 saturated carbocycles. The molecule has 80 valence electrons. The molecule has 1 amide bonds. The third-order valence-electron chi connectivity index (χ3n) is 2.38. The predicted molar refractivity (Wildman–Crippen MR) is 48.2 cm³/mol. The van der Waals surface area contributed by atoms with Crippen LogP contribution in [0.25, 0.3) is 0 Å². The van der Waals surface area contributed by atoms with Crippen LogP contribution in [0.1, 0.15) is 12.5 Å². The Bertz CT molecular complexity index is 402. The maximum atomic E-state index is 13.4. The second-order valence-electron chi connectivity index (χ2n) is 3.63. The summed E-state index contributed by atoms with van der Waals surface area (Å²) in [4.78, 5) is 10.9. The average Bonchev–Trinajstić information content (AvgIpc) is 2.46. The van der Waals surface area contributed by atoms with Gasteiger partial charge in [-0.25, -0.2) is 13.6 Å². The molecule has 1 heterocycles. The average molecular weight is 213 g/mol. The number of ether oxygens (including phenoxy) is 1. The lowest BCUT2D eigenvalue weighted by atomic mass is 9.92. The van der Waals surface area contributed by atoms with Crippen molar-refractivity contribution < 1.29 is 18.3 Å². The number of rotatable bonds is 1. The van der Waals surface area contributed by atoms with Gasteiger partial charge in [0.15, 0.2) is 0 Å². The lowest BCUT2D eigenvalue weighted by Gasteiger charge is -2.22. The highest BCUT2D eigenvalue weighted by Gasteiger charge is 2.40. The number of amides is 1. The first-order chi connectivity index (χ1) is 7.03. The van der Waals surface area contributed by atoms with Crippen LogP contribution >= 0.6 is 0 Å². The van der Waals surface area contributed by atoms with E-state index in [2.05, 4.69) is 10.1 Å². The quantitative estimate of drug-likeness (QED) is 0.773. The third-order valence-corrected chi connectivity index (χ3v) is 2.38. The highest BCUT2D eigenvalue weighted by atomic mass is 19.1. The van der Waals surface area contributed by atoms with Gasteiger partial charge in [0.2, 0.25) is 0 Å². The molecule has 0 aliphatic carbocycles. The minimum atomic E-state index is -1.13. The van der Waals surface area contributed by atoms with Gasteiger partial charge in [0.1, 0.15) is 23.8 Å². The molecule has 1 aromatic rings. The molecule has 2 rings (SSSR count). The number of carbonyl (C=O) groups is 1. The van der Waals surface area contributed by atoms with Crippen molar-refractivity contribution in [3.8, 4) is 0 Å². The topological polar surface area (TPSA) is 38.3 Å². The van der Waals surface area contributed by atoms with Crippen LogP contribution in [-0.4, -0.2) is 12.7 Å². The highest BCUT2D eigenvalue weighted by Crippen LogP contribution is 2.29. The second-order valence-corrected chi connectivity index (χ2v) is 3.63. The summed E-state index contributed by atoms with van der Waals surface area (Å²) in [6.07, 6.45) is -0.667. The summed E-state index contributed by atoms with van der Waals surface area (Å²) in [6.45, 7) is 1.43. The number of halogens is 2. The van der Waals surface area contributed by atoms with E-state index >= 15 is 0 Å². The van der Waals surface area contributed by atoms with Crippen LogP contribution in [0, 0.1) is 11.6 Å². The lowest BCUT2D eigenvalue weighted by molar-refractivity contribution is 0.172. The van der Waals surface area contributed by atoms with Gasteiger partial charge >= 0.3 is 6.09 Å². The molecular formula is C10H9F2NO2. The van der Waals surface area contributed by atoms with Crippen molar-refractivity contribution in [3.63, 3.8) is 0 Å². The normalized spacial score (nSPS) is 24.9. The zero-order valence-corrected chi connectivity index (χ0v) is 8.01. The zero-order valence-electron chi connectivity index (χ0n) is 8.01. The van der Waals surface area contributed by atoms with E-state index in [4.69, 9.17) is 0 Å². The predicted octanol–water partition coefficient (Wildman–Crippen LogP) is 1.92. The minimum absolute atomic E-state index is 0.0797. The summed E-state index contributed by atoms with van der Waals surface area (Å²) in [7, 11) is 0. The first-order valence-electron chi connectivity index (χ1n) is 4.42. The van der Waals surface area contributed by atoms with Gasteiger partial charge < -0.3 is 10.1 Å². The first kappa shape index (κ1) is 9.89. The smallest absolute Gasteiger partial charge is 0.408 e. The van der Waals surface area contributed by atoms with Crippen molar-refractivity contribution in [2.45, 2.75) is 12.5 Å². The Morgan fingerprint density at radius 1 is 1.40 bits per heavy atom.